The zero-order chi connectivity index (χ0) is 13.1. The lowest BCUT2D eigenvalue weighted by Gasteiger charge is -2.33. The molecule has 0 radical (unpaired) electrons. The first-order valence-corrected chi connectivity index (χ1v) is 7.20. The summed E-state index contributed by atoms with van der Waals surface area (Å²) >= 11 is 0. The van der Waals surface area contributed by atoms with Crippen molar-refractivity contribution < 1.29 is 9.26 Å². The molecule has 2 fully saturated rings. The Bertz CT molecular complexity index is 395. The van der Waals surface area contributed by atoms with Crippen LogP contribution in [0.1, 0.15) is 31.0 Å². The summed E-state index contributed by atoms with van der Waals surface area (Å²) in [4.78, 5) is 9.36. The molecule has 0 aromatic carbocycles. The van der Waals surface area contributed by atoms with Crippen LogP contribution in [0.5, 0.6) is 0 Å². The Hall–Kier alpha value is -0.980. The maximum Gasteiger partial charge on any atom is 0.240 e. The van der Waals surface area contributed by atoms with Crippen LogP contribution in [0.3, 0.4) is 0 Å². The van der Waals surface area contributed by atoms with Gasteiger partial charge in [-0.15, -0.1) is 0 Å². The highest BCUT2D eigenvalue weighted by molar-refractivity contribution is 4.97. The van der Waals surface area contributed by atoms with Gasteiger partial charge >= 0.3 is 0 Å². The maximum atomic E-state index is 5.36. The van der Waals surface area contributed by atoms with E-state index in [1.165, 1.54) is 0 Å². The van der Waals surface area contributed by atoms with Gasteiger partial charge in [0.25, 0.3) is 0 Å². The zero-order valence-corrected chi connectivity index (χ0v) is 11.5. The van der Waals surface area contributed by atoms with Gasteiger partial charge in [-0.05, 0) is 13.0 Å². The Morgan fingerprint density at radius 1 is 1.21 bits per heavy atom. The molecule has 6 nitrogen and oxygen atoms in total. The largest absolute Gasteiger partial charge is 0.381 e. The molecule has 0 N–H and O–H groups in total. The van der Waals surface area contributed by atoms with Crippen molar-refractivity contribution in [3.05, 3.63) is 11.7 Å². The highest BCUT2D eigenvalue weighted by atomic mass is 16.5. The van der Waals surface area contributed by atoms with Crippen molar-refractivity contribution in [1.29, 1.82) is 0 Å². The molecule has 2 saturated heterocycles. The number of aromatic nitrogens is 2. The third-order valence-electron chi connectivity index (χ3n) is 4.05. The van der Waals surface area contributed by atoms with Gasteiger partial charge in [0.1, 0.15) is 0 Å². The molecule has 6 heteroatoms. The van der Waals surface area contributed by atoms with E-state index in [0.29, 0.717) is 5.92 Å². The first-order valence-electron chi connectivity index (χ1n) is 7.20. The van der Waals surface area contributed by atoms with Crippen molar-refractivity contribution in [2.45, 2.75) is 25.8 Å². The van der Waals surface area contributed by atoms with E-state index in [0.717, 1.165) is 70.6 Å². The predicted octanol–water partition coefficient (Wildman–Crippen LogP) is 0.711. The topological polar surface area (TPSA) is 54.6 Å². The van der Waals surface area contributed by atoms with Crippen LogP contribution in [0.25, 0.3) is 0 Å². The maximum absolute atomic E-state index is 5.36. The summed E-state index contributed by atoms with van der Waals surface area (Å²) in [5.41, 5.74) is 0. The normalized spacial score (nSPS) is 26.1. The Morgan fingerprint density at radius 3 is 2.68 bits per heavy atom. The van der Waals surface area contributed by atoms with Gasteiger partial charge in [0.05, 0.1) is 13.2 Å². The van der Waals surface area contributed by atoms with E-state index in [-0.39, 0.29) is 0 Å². The Balaban J connectivity index is 1.52. The fourth-order valence-corrected chi connectivity index (χ4v) is 2.69. The van der Waals surface area contributed by atoms with Gasteiger partial charge in [-0.3, -0.25) is 4.90 Å². The van der Waals surface area contributed by atoms with Crippen LogP contribution in [-0.4, -0.2) is 65.9 Å². The minimum absolute atomic E-state index is 0.328. The molecule has 0 unspecified atom stereocenters. The Morgan fingerprint density at radius 2 is 2.00 bits per heavy atom. The van der Waals surface area contributed by atoms with Crippen molar-refractivity contribution in [3.63, 3.8) is 0 Å². The summed E-state index contributed by atoms with van der Waals surface area (Å²) in [5, 5.41) is 4.09. The van der Waals surface area contributed by atoms with Gasteiger partial charge in [-0.1, -0.05) is 12.1 Å². The van der Waals surface area contributed by atoms with Crippen LogP contribution in [0.15, 0.2) is 4.52 Å². The highest BCUT2D eigenvalue weighted by Gasteiger charge is 2.24. The van der Waals surface area contributed by atoms with Crippen LogP contribution >= 0.6 is 0 Å². The molecule has 19 heavy (non-hydrogen) atoms. The first-order chi connectivity index (χ1) is 9.35. The van der Waals surface area contributed by atoms with Crippen LogP contribution in [0, 0.1) is 0 Å². The van der Waals surface area contributed by atoms with Gasteiger partial charge in [0.2, 0.25) is 5.89 Å². The zero-order valence-electron chi connectivity index (χ0n) is 11.5. The molecular weight excluding hydrogens is 244 g/mol. The van der Waals surface area contributed by atoms with Crippen molar-refractivity contribution in [3.8, 4) is 0 Å². The molecule has 0 spiro atoms. The number of nitrogens with zero attached hydrogens (tertiary/aromatic N) is 4. The summed E-state index contributed by atoms with van der Waals surface area (Å²) < 4.78 is 10.7. The van der Waals surface area contributed by atoms with Crippen molar-refractivity contribution >= 4 is 0 Å². The number of rotatable bonds is 4. The molecule has 2 aliphatic rings. The molecule has 0 aliphatic carbocycles. The molecule has 106 valence electrons. The van der Waals surface area contributed by atoms with Crippen molar-refractivity contribution in [1.82, 2.24) is 19.9 Å². The predicted molar refractivity (Wildman–Crippen MR) is 69.9 cm³/mol. The lowest BCUT2D eigenvalue weighted by molar-refractivity contribution is 0.121. The number of hydrogen-bond donors (Lipinski definition) is 0. The van der Waals surface area contributed by atoms with Crippen LogP contribution in [0.2, 0.25) is 0 Å². The minimum Gasteiger partial charge on any atom is -0.381 e. The summed E-state index contributed by atoms with van der Waals surface area (Å²) in [5.74, 6) is 1.89. The summed E-state index contributed by atoms with van der Waals surface area (Å²) in [6.45, 7) is 10.1. The second-order valence-corrected chi connectivity index (χ2v) is 5.32. The standard InChI is InChI=1S/C13H22N4O2/c1-2-16-4-6-17(7-5-16)9-12-14-13(15-19-12)11-3-8-18-10-11/h11H,2-10H2,1H3/t11-/m0/s1. The van der Waals surface area contributed by atoms with E-state index in [2.05, 4.69) is 26.9 Å². The summed E-state index contributed by atoms with van der Waals surface area (Å²) in [6, 6.07) is 0. The second-order valence-electron chi connectivity index (χ2n) is 5.32. The molecule has 0 bridgehead atoms. The molecular formula is C13H22N4O2. The highest BCUT2D eigenvalue weighted by Crippen LogP contribution is 2.22. The third kappa shape index (κ3) is 3.13. The molecule has 1 atom stereocenters. The number of ether oxygens (including phenoxy) is 1. The van der Waals surface area contributed by atoms with Crippen LogP contribution < -0.4 is 0 Å². The molecule has 3 heterocycles. The van der Waals surface area contributed by atoms with Crippen molar-refractivity contribution in [2.24, 2.45) is 0 Å². The Kier molecular flexibility index (Phi) is 4.10. The molecule has 0 saturated carbocycles. The van der Waals surface area contributed by atoms with Gasteiger partial charge in [0, 0.05) is 38.7 Å². The van der Waals surface area contributed by atoms with E-state index < -0.39 is 0 Å². The number of likely N-dealkylation sites (N-methyl/N-ethyl adjacent to an activating group) is 1. The lowest BCUT2D eigenvalue weighted by atomic mass is 10.1. The van der Waals surface area contributed by atoms with E-state index in [1.807, 2.05) is 0 Å². The van der Waals surface area contributed by atoms with E-state index in [4.69, 9.17) is 9.26 Å². The average molecular weight is 266 g/mol. The van der Waals surface area contributed by atoms with Crippen LogP contribution in [-0.2, 0) is 11.3 Å². The fraction of sp³-hybridized carbons (Fsp3) is 0.846. The van der Waals surface area contributed by atoms with E-state index in [9.17, 15) is 0 Å². The van der Waals surface area contributed by atoms with Crippen molar-refractivity contribution in [2.75, 3.05) is 45.9 Å². The van der Waals surface area contributed by atoms with Gasteiger partial charge in [0.15, 0.2) is 5.82 Å². The summed E-state index contributed by atoms with van der Waals surface area (Å²) in [6.07, 6.45) is 1.01. The Labute approximate surface area is 113 Å². The summed E-state index contributed by atoms with van der Waals surface area (Å²) in [7, 11) is 0. The number of piperazine rings is 1. The van der Waals surface area contributed by atoms with Crippen LogP contribution in [0.4, 0.5) is 0 Å². The average Bonchev–Trinajstić information content (AvgIpc) is 3.10. The molecule has 1 aromatic rings. The minimum atomic E-state index is 0.328. The number of hydrogen-bond acceptors (Lipinski definition) is 6. The third-order valence-corrected chi connectivity index (χ3v) is 4.05. The van der Waals surface area contributed by atoms with Gasteiger partial charge in [-0.2, -0.15) is 4.98 Å². The first kappa shape index (κ1) is 13.0. The molecule has 0 amide bonds. The SMILES string of the molecule is CCN1CCN(Cc2nc([C@H]3CCOC3)no2)CC1. The second kappa shape index (κ2) is 5.98. The smallest absolute Gasteiger partial charge is 0.240 e. The fourth-order valence-electron chi connectivity index (χ4n) is 2.69. The monoisotopic (exact) mass is 266 g/mol. The van der Waals surface area contributed by atoms with E-state index in [1.54, 1.807) is 0 Å². The van der Waals surface area contributed by atoms with E-state index >= 15 is 0 Å². The lowest BCUT2D eigenvalue weighted by Crippen LogP contribution is -2.45. The molecule has 3 rings (SSSR count). The molecule has 2 aliphatic heterocycles. The van der Waals surface area contributed by atoms with Gasteiger partial charge in [-0.25, -0.2) is 0 Å². The van der Waals surface area contributed by atoms with Gasteiger partial charge < -0.3 is 14.2 Å². The quantitative estimate of drug-likeness (QED) is 0.800. The molecule has 1 aromatic heterocycles.